The minimum Gasteiger partial charge on any atom is -0.493 e. The Labute approximate surface area is 177 Å². The number of benzene rings is 2. The average Bonchev–Trinajstić information content (AvgIpc) is 3.40. The van der Waals surface area contributed by atoms with Gasteiger partial charge in [-0.15, -0.1) is 5.10 Å². The number of furan rings is 1. The number of fused-ring (bicyclic) bond motifs is 1. The van der Waals surface area contributed by atoms with Crippen LogP contribution in [0, 0.1) is 0 Å². The van der Waals surface area contributed by atoms with Gasteiger partial charge in [0.05, 0.1) is 12.0 Å². The van der Waals surface area contributed by atoms with Gasteiger partial charge in [0.25, 0.3) is 11.8 Å². The van der Waals surface area contributed by atoms with Crippen LogP contribution in [0.15, 0.2) is 62.3 Å². The molecule has 0 aliphatic heterocycles. The summed E-state index contributed by atoms with van der Waals surface area (Å²) >= 11 is 0. The number of amides is 1. The van der Waals surface area contributed by atoms with E-state index in [1.165, 1.54) is 38.4 Å². The zero-order valence-electron chi connectivity index (χ0n) is 16.8. The molecule has 31 heavy (non-hydrogen) atoms. The van der Waals surface area contributed by atoms with E-state index in [1.54, 1.807) is 19.2 Å². The van der Waals surface area contributed by atoms with Crippen LogP contribution in [0.2, 0.25) is 0 Å². The van der Waals surface area contributed by atoms with Crippen molar-refractivity contribution < 1.29 is 26.8 Å². The Bertz CT molecular complexity index is 1360. The molecule has 0 saturated heterocycles. The number of anilines is 1. The van der Waals surface area contributed by atoms with E-state index in [-0.39, 0.29) is 22.4 Å². The molecule has 4 aromatic rings. The lowest BCUT2D eigenvalue weighted by Crippen LogP contribution is -2.22. The van der Waals surface area contributed by atoms with Gasteiger partial charge in [-0.3, -0.25) is 10.1 Å². The Hall–Kier alpha value is -3.70. The van der Waals surface area contributed by atoms with Gasteiger partial charge in [-0.2, -0.15) is 0 Å². The summed E-state index contributed by atoms with van der Waals surface area (Å²) in [6.45, 7) is 0. The van der Waals surface area contributed by atoms with Crippen molar-refractivity contribution in [2.45, 2.75) is 4.90 Å². The number of aromatic nitrogens is 2. The van der Waals surface area contributed by atoms with Crippen molar-refractivity contribution in [3.8, 4) is 17.4 Å². The summed E-state index contributed by atoms with van der Waals surface area (Å²) in [7, 11) is 0.825. The van der Waals surface area contributed by atoms with Crippen LogP contribution in [-0.4, -0.2) is 50.0 Å². The van der Waals surface area contributed by atoms with E-state index in [1.807, 2.05) is 12.1 Å². The molecule has 10 nitrogen and oxygen atoms in total. The molecule has 11 heteroatoms. The van der Waals surface area contributed by atoms with Crippen molar-refractivity contribution in [2.24, 2.45) is 0 Å². The fraction of sp³-hybridized carbons (Fsp3) is 0.150. The highest BCUT2D eigenvalue weighted by molar-refractivity contribution is 7.89. The Balaban J connectivity index is 1.52. The fourth-order valence-corrected chi connectivity index (χ4v) is 3.74. The molecular weight excluding hydrogens is 424 g/mol. The average molecular weight is 442 g/mol. The van der Waals surface area contributed by atoms with E-state index in [4.69, 9.17) is 13.6 Å². The summed E-state index contributed by atoms with van der Waals surface area (Å²) in [5.74, 6) is 0.443. The summed E-state index contributed by atoms with van der Waals surface area (Å²) in [6.07, 6.45) is 0. The molecule has 0 radical (unpaired) electrons. The van der Waals surface area contributed by atoms with Gasteiger partial charge >= 0.3 is 6.01 Å². The van der Waals surface area contributed by atoms with Crippen LogP contribution in [-0.2, 0) is 10.0 Å². The van der Waals surface area contributed by atoms with Crippen molar-refractivity contribution in [2.75, 3.05) is 26.5 Å². The third-order valence-corrected chi connectivity index (χ3v) is 6.31. The maximum atomic E-state index is 12.4. The van der Waals surface area contributed by atoms with Crippen LogP contribution < -0.4 is 10.1 Å². The molecule has 0 aliphatic rings. The first-order valence-corrected chi connectivity index (χ1v) is 10.5. The van der Waals surface area contributed by atoms with E-state index in [9.17, 15) is 13.2 Å². The Morgan fingerprint density at radius 2 is 1.81 bits per heavy atom. The first kappa shape index (κ1) is 20.6. The summed E-state index contributed by atoms with van der Waals surface area (Å²) in [6, 6.07) is 12.5. The Morgan fingerprint density at radius 3 is 2.48 bits per heavy atom. The van der Waals surface area contributed by atoms with Gasteiger partial charge < -0.3 is 13.6 Å². The lowest BCUT2D eigenvalue weighted by molar-refractivity contribution is 0.102. The molecule has 2 aromatic carbocycles. The van der Waals surface area contributed by atoms with Crippen molar-refractivity contribution in [3.05, 3.63) is 54.1 Å². The molecule has 0 spiro atoms. The van der Waals surface area contributed by atoms with Crippen LogP contribution in [0.3, 0.4) is 0 Å². The Morgan fingerprint density at radius 1 is 1.06 bits per heavy atom. The molecular formula is C20H18N4O6S. The monoisotopic (exact) mass is 442 g/mol. The van der Waals surface area contributed by atoms with Crippen molar-refractivity contribution in [1.29, 1.82) is 0 Å². The van der Waals surface area contributed by atoms with Crippen molar-refractivity contribution in [3.63, 3.8) is 0 Å². The SMILES string of the molecule is COc1cccc2cc(-c3nnc(NC(=O)c4ccc(S(=O)(=O)N(C)C)cc4)o3)oc12. The van der Waals surface area contributed by atoms with Gasteiger partial charge in [-0.1, -0.05) is 17.2 Å². The standard InChI is InChI=1S/C20H18N4O6S/c1-24(2)31(26,27)14-9-7-12(8-10-14)18(25)21-20-23-22-19(30-20)16-11-13-5-4-6-15(28-3)17(13)29-16/h4-11H,1-3H3,(H,21,23,25). The molecule has 0 unspecified atom stereocenters. The topological polar surface area (TPSA) is 128 Å². The quantitative estimate of drug-likeness (QED) is 0.483. The van der Waals surface area contributed by atoms with E-state index >= 15 is 0 Å². The normalized spacial score (nSPS) is 11.7. The number of methoxy groups -OCH3 is 1. The molecule has 0 aliphatic carbocycles. The summed E-state index contributed by atoms with van der Waals surface area (Å²) < 4.78 is 41.8. The predicted molar refractivity (Wildman–Crippen MR) is 111 cm³/mol. The molecule has 2 aromatic heterocycles. The predicted octanol–water partition coefficient (Wildman–Crippen LogP) is 2.99. The van der Waals surface area contributed by atoms with E-state index in [0.29, 0.717) is 17.1 Å². The third-order valence-electron chi connectivity index (χ3n) is 4.48. The molecule has 1 N–H and O–H groups in total. The minimum atomic E-state index is -3.58. The second kappa shape index (κ2) is 7.85. The van der Waals surface area contributed by atoms with Crippen LogP contribution in [0.5, 0.6) is 5.75 Å². The van der Waals surface area contributed by atoms with Gasteiger partial charge in [0.15, 0.2) is 17.1 Å². The zero-order valence-corrected chi connectivity index (χ0v) is 17.6. The zero-order chi connectivity index (χ0) is 22.2. The number of sulfonamides is 1. The van der Waals surface area contributed by atoms with Crippen molar-refractivity contribution in [1.82, 2.24) is 14.5 Å². The molecule has 1 amide bonds. The molecule has 0 saturated carbocycles. The molecule has 4 rings (SSSR count). The van der Waals surface area contributed by atoms with Crippen molar-refractivity contribution >= 4 is 32.9 Å². The summed E-state index contributed by atoms with van der Waals surface area (Å²) in [5, 5.41) is 11.0. The number of nitrogens with one attached hydrogen (secondary N) is 1. The van der Waals surface area contributed by atoms with Crippen LogP contribution in [0.4, 0.5) is 6.01 Å². The molecule has 2 heterocycles. The smallest absolute Gasteiger partial charge is 0.322 e. The maximum Gasteiger partial charge on any atom is 0.322 e. The minimum absolute atomic E-state index is 0.0782. The number of nitrogens with zero attached hydrogens (tertiary/aromatic N) is 3. The largest absolute Gasteiger partial charge is 0.493 e. The van der Waals surface area contributed by atoms with Gasteiger partial charge in [0, 0.05) is 25.0 Å². The second-order valence-corrected chi connectivity index (χ2v) is 8.82. The van der Waals surface area contributed by atoms with Crippen LogP contribution >= 0.6 is 0 Å². The lowest BCUT2D eigenvalue weighted by atomic mass is 10.2. The number of hydrogen-bond donors (Lipinski definition) is 1. The molecule has 0 fully saturated rings. The first-order valence-electron chi connectivity index (χ1n) is 9.04. The van der Waals surface area contributed by atoms with Gasteiger partial charge in [0.1, 0.15) is 0 Å². The number of carbonyl (C=O) groups excluding carboxylic acids is 1. The third kappa shape index (κ3) is 3.88. The van der Waals surface area contributed by atoms with Gasteiger partial charge in [-0.05, 0) is 36.4 Å². The molecule has 160 valence electrons. The number of carbonyl (C=O) groups is 1. The summed E-state index contributed by atoms with van der Waals surface area (Å²) in [4.78, 5) is 12.5. The number of hydrogen-bond acceptors (Lipinski definition) is 8. The van der Waals surface area contributed by atoms with Crippen LogP contribution in [0.25, 0.3) is 22.6 Å². The Kier molecular flexibility index (Phi) is 5.21. The van der Waals surface area contributed by atoms with Gasteiger partial charge in [0.2, 0.25) is 10.0 Å². The van der Waals surface area contributed by atoms with E-state index in [2.05, 4.69) is 15.5 Å². The fourth-order valence-electron chi connectivity index (χ4n) is 2.83. The van der Waals surface area contributed by atoms with Crippen LogP contribution in [0.1, 0.15) is 10.4 Å². The van der Waals surface area contributed by atoms with E-state index in [0.717, 1.165) is 9.69 Å². The second-order valence-electron chi connectivity index (χ2n) is 6.67. The van der Waals surface area contributed by atoms with E-state index < -0.39 is 15.9 Å². The molecule has 0 bridgehead atoms. The van der Waals surface area contributed by atoms with Gasteiger partial charge in [-0.25, -0.2) is 12.7 Å². The highest BCUT2D eigenvalue weighted by Crippen LogP contribution is 2.33. The first-order chi connectivity index (χ1) is 14.8. The molecule has 0 atom stereocenters. The summed E-state index contributed by atoms with van der Waals surface area (Å²) in [5.41, 5.74) is 0.766. The lowest BCUT2D eigenvalue weighted by Gasteiger charge is -2.11. The number of para-hydroxylation sites is 1. The number of rotatable bonds is 6. The highest BCUT2D eigenvalue weighted by Gasteiger charge is 2.19. The maximum absolute atomic E-state index is 12.4. The highest BCUT2D eigenvalue weighted by atomic mass is 32.2. The number of ether oxygens (including phenoxy) is 1.